The number of carbonyl (C=O) groups is 1. The van der Waals surface area contributed by atoms with Gasteiger partial charge in [0.1, 0.15) is 0 Å². The van der Waals surface area contributed by atoms with Gasteiger partial charge in [-0.25, -0.2) is 4.98 Å². The minimum atomic E-state index is -0.0548. The molecule has 0 aliphatic heterocycles. The molecule has 3 aromatic rings. The second-order valence-electron chi connectivity index (χ2n) is 8.39. The zero-order valence-electron chi connectivity index (χ0n) is 19.1. The van der Waals surface area contributed by atoms with Crippen molar-refractivity contribution >= 4 is 28.4 Å². The van der Waals surface area contributed by atoms with E-state index in [4.69, 9.17) is 9.72 Å². The molecule has 1 atom stereocenters. The average molecular weight is 442 g/mol. The van der Waals surface area contributed by atoms with Crippen LogP contribution in [0.4, 0.5) is 0 Å². The number of fused-ring (bicyclic) bond motifs is 1. The number of benzene rings is 1. The number of carbonyl (C=O) groups excluding carboxylic acids is 1. The van der Waals surface area contributed by atoms with E-state index in [-0.39, 0.29) is 29.1 Å². The Bertz CT molecular complexity index is 1150. The highest BCUT2D eigenvalue weighted by Gasteiger charge is 2.20. The number of para-hydroxylation sites is 1. The number of rotatable bonds is 9. The van der Waals surface area contributed by atoms with Gasteiger partial charge in [-0.15, -0.1) is 0 Å². The second kappa shape index (κ2) is 9.83. The molecule has 7 heteroatoms. The molecule has 0 aliphatic carbocycles. The zero-order valence-corrected chi connectivity index (χ0v) is 20.0. The zero-order chi connectivity index (χ0) is 22.7. The van der Waals surface area contributed by atoms with Crippen molar-refractivity contribution in [1.82, 2.24) is 14.1 Å². The van der Waals surface area contributed by atoms with Crippen molar-refractivity contribution in [3.63, 3.8) is 0 Å². The normalized spacial score (nSPS) is 12.6. The summed E-state index contributed by atoms with van der Waals surface area (Å²) in [5.74, 6) is 0.552. The number of methoxy groups -OCH3 is 1. The van der Waals surface area contributed by atoms with Gasteiger partial charge in [-0.1, -0.05) is 37.7 Å². The average Bonchev–Trinajstić information content (AvgIpc) is 3.02. The van der Waals surface area contributed by atoms with Crippen LogP contribution in [0.15, 0.2) is 40.3 Å². The molecule has 0 saturated heterocycles. The van der Waals surface area contributed by atoms with E-state index in [1.807, 2.05) is 38.1 Å². The number of Topliss-reactive ketones (excluding diaryl/α,β-unsaturated/α-hetero) is 1. The van der Waals surface area contributed by atoms with Crippen molar-refractivity contribution < 1.29 is 9.53 Å². The molecule has 31 heavy (non-hydrogen) atoms. The summed E-state index contributed by atoms with van der Waals surface area (Å²) in [6.07, 6.45) is 0. The topological polar surface area (TPSA) is 66.1 Å². The van der Waals surface area contributed by atoms with E-state index < -0.39 is 0 Å². The van der Waals surface area contributed by atoms with E-state index in [1.165, 1.54) is 11.8 Å². The number of hydrogen-bond acceptors (Lipinski definition) is 5. The van der Waals surface area contributed by atoms with Gasteiger partial charge in [-0.05, 0) is 44.9 Å². The first-order chi connectivity index (χ1) is 14.7. The van der Waals surface area contributed by atoms with Gasteiger partial charge in [-0.3, -0.25) is 14.2 Å². The number of hydrogen-bond donors (Lipinski definition) is 0. The van der Waals surface area contributed by atoms with Gasteiger partial charge in [-0.2, -0.15) is 0 Å². The Morgan fingerprint density at radius 3 is 2.58 bits per heavy atom. The summed E-state index contributed by atoms with van der Waals surface area (Å²) >= 11 is 1.33. The molecular formula is C24H31N3O3S. The first-order valence-electron chi connectivity index (χ1n) is 10.6. The summed E-state index contributed by atoms with van der Waals surface area (Å²) < 4.78 is 9.13. The fourth-order valence-electron chi connectivity index (χ4n) is 4.05. The van der Waals surface area contributed by atoms with Gasteiger partial charge in [0.15, 0.2) is 10.9 Å². The molecule has 0 aliphatic rings. The molecule has 0 saturated carbocycles. The Hall–Kier alpha value is -2.38. The predicted molar refractivity (Wildman–Crippen MR) is 126 cm³/mol. The summed E-state index contributed by atoms with van der Waals surface area (Å²) in [4.78, 5) is 30.8. The molecular weight excluding hydrogens is 410 g/mol. The minimum Gasteiger partial charge on any atom is -0.383 e. The predicted octanol–water partition coefficient (Wildman–Crippen LogP) is 4.65. The van der Waals surface area contributed by atoms with Crippen LogP contribution in [0, 0.1) is 19.8 Å². The first-order valence-corrected chi connectivity index (χ1v) is 11.6. The molecule has 6 nitrogen and oxygen atoms in total. The van der Waals surface area contributed by atoms with Crippen LogP contribution < -0.4 is 5.56 Å². The molecule has 2 heterocycles. The molecule has 1 unspecified atom stereocenters. The summed E-state index contributed by atoms with van der Waals surface area (Å²) in [6.45, 7) is 11.3. The Morgan fingerprint density at radius 2 is 1.90 bits per heavy atom. The van der Waals surface area contributed by atoms with Gasteiger partial charge in [0.05, 0.1) is 29.3 Å². The van der Waals surface area contributed by atoms with Crippen molar-refractivity contribution in [2.45, 2.75) is 52.4 Å². The lowest BCUT2D eigenvalue weighted by atomic mass is 10.2. The van der Waals surface area contributed by atoms with E-state index in [0.29, 0.717) is 34.8 Å². The van der Waals surface area contributed by atoms with Crippen LogP contribution in [0.25, 0.3) is 10.9 Å². The van der Waals surface area contributed by atoms with E-state index in [0.717, 1.165) is 11.4 Å². The van der Waals surface area contributed by atoms with Gasteiger partial charge < -0.3 is 9.30 Å². The highest BCUT2D eigenvalue weighted by Crippen LogP contribution is 2.24. The van der Waals surface area contributed by atoms with Crippen molar-refractivity contribution in [2.24, 2.45) is 5.92 Å². The summed E-state index contributed by atoms with van der Waals surface area (Å²) in [7, 11) is 1.68. The van der Waals surface area contributed by atoms with E-state index >= 15 is 0 Å². The Balaban J connectivity index is 1.90. The third-order valence-electron chi connectivity index (χ3n) is 5.34. The summed E-state index contributed by atoms with van der Waals surface area (Å²) in [5.41, 5.74) is 3.30. The van der Waals surface area contributed by atoms with Crippen LogP contribution in [0.2, 0.25) is 0 Å². The third-order valence-corrected chi connectivity index (χ3v) is 6.32. The standard InChI is InChI=1S/C24H31N3O3S/c1-15(2)12-26-23(29)19-9-7-8-10-21(19)25-24(26)31-14-22(28)20-11-16(3)27(18(20)5)17(4)13-30-6/h7-11,15,17H,12-14H2,1-6H3. The Morgan fingerprint density at radius 1 is 1.19 bits per heavy atom. The number of nitrogens with zero attached hydrogens (tertiary/aromatic N) is 3. The van der Waals surface area contributed by atoms with E-state index in [1.54, 1.807) is 17.7 Å². The molecule has 0 N–H and O–H groups in total. The van der Waals surface area contributed by atoms with Crippen LogP contribution in [-0.2, 0) is 11.3 Å². The van der Waals surface area contributed by atoms with Crippen molar-refractivity contribution in [1.29, 1.82) is 0 Å². The minimum absolute atomic E-state index is 0.0347. The molecule has 2 aromatic heterocycles. The lowest BCUT2D eigenvalue weighted by Crippen LogP contribution is -2.25. The molecule has 166 valence electrons. The summed E-state index contributed by atoms with van der Waals surface area (Å²) in [6, 6.07) is 9.46. The smallest absolute Gasteiger partial charge is 0.262 e. The van der Waals surface area contributed by atoms with E-state index in [2.05, 4.69) is 25.3 Å². The largest absolute Gasteiger partial charge is 0.383 e. The highest BCUT2D eigenvalue weighted by atomic mass is 32.2. The molecule has 0 bridgehead atoms. The van der Waals surface area contributed by atoms with Gasteiger partial charge in [0.25, 0.3) is 5.56 Å². The Kier molecular flexibility index (Phi) is 7.38. The lowest BCUT2D eigenvalue weighted by Gasteiger charge is -2.17. The monoisotopic (exact) mass is 441 g/mol. The maximum Gasteiger partial charge on any atom is 0.262 e. The number of thioether (sulfide) groups is 1. The fraction of sp³-hybridized carbons (Fsp3) is 0.458. The SMILES string of the molecule is COCC(C)n1c(C)cc(C(=O)CSc2nc3ccccc3c(=O)n2CC(C)C)c1C. The fourth-order valence-corrected chi connectivity index (χ4v) is 4.94. The summed E-state index contributed by atoms with van der Waals surface area (Å²) in [5, 5.41) is 1.20. The van der Waals surface area contributed by atoms with E-state index in [9.17, 15) is 9.59 Å². The number of ether oxygens (including phenoxy) is 1. The Labute approximate surface area is 187 Å². The van der Waals surface area contributed by atoms with Crippen LogP contribution >= 0.6 is 11.8 Å². The van der Waals surface area contributed by atoms with Crippen molar-refractivity contribution in [3.05, 3.63) is 57.6 Å². The van der Waals surface area contributed by atoms with Crippen LogP contribution in [-0.4, -0.2) is 39.4 Å². The molecule has 0 fully saturated rings. The lowest BCUT2D eigenvalue weighted by molar-refractivity contribution is 0.102. The van der Waals surface area contributed by atoms with Crippen molar-refractivity contribution in [3.8, 4) is 0 Å². The van der Waals surface area contributed by atoms with Gasteiger partial charge in [0.2, 0.25) is 0 Å². The van der Waals surface area contributed by atoms with Gasteiger partial charge in [0, 0.05) is 30.6 Å². The molecule has 3 rings (SSSR count). The first kappa shape index (κ1) is 23.3. The maximum atomic E-state index is 13.1. The number of aryl methyl sites for hydroxylation is 1. The molecule has 0 radical (unpaired) electrons. The highest BCUT2D eigenvalue weighted by molar-refractivity contribution is 7.99. The molecule has 0 amide bonds. The maximum absolute atomic E-state index is 13.1. The molecule has 1 aromatic carbocycles. The second-order valence-corrected chi connectivity index (χ2v) is 9.33. The third kappa shape index (κ3) is 4.93. The van der Waals surface area contributed by atoms with Crippen LogP contribution in [0.3, 0.4) is 0 Å². The number of ketones is 1. The van der Waals surface area contributed by atoms with Gasteiger partial charge >= 0.3 is 0 Å². The number of aromatic nitrogens is 3. The quantitative estimate of drug-likeness (QED) is 0.275. The van der Waals surface area contributed by atoms with Crippen LogP contribution in [0.5, 0.6) is 0 Å². The van der Waals surface area contributed by atoms with Crippen molar-refractivity contribution in [2.75, 3.05) is 19.5 Å². The van der Waals surface area contributed by atoms with Crippen LogP contribution in [0.1, 0.15) is 48.6 Å². The molecule has 0 spiro atoms.